The summed E-state index contributed by atoms with van der Waals surface area (Å²) in [6.07, 6.45) is -2.93. The van der Waals surface area contributed by atoms with Crippen LogP contribution in [0.5, 0.6) is 0 Å². The fourth-order valence-electron chi connectivity index (χ4n) is 7.02. The van der Waals surface area contributed by atoms with Crippen LogP contribution >= 0.6 is 0 Å². The zero-order valence-electron chi connectivity index (χ0n) is 30.0. The Balaban J connectivity index is 1.41. The number of sulfonamides is 1. The van der Waals surface area contributed by atoms with Crippen molar-refractivity contribution in [1.82, 2.24) is 0 Å². The predicted molar refractivity (Wildman–Crippen MR) is 204 cm³/mol. The van der Waals surface area contributed by atoms with E-state index in [1.54, 1.807) is 0 Å². The van der Waals surface area contributed by atoms with E-state index in [2.05, 4.69) is 5.32 Å². The van der Waals surface area contributed by atoms with E-state index in [1.807, 2.05) is 55.1 Å². The minimum atomic E-state index is -5.34. The number of amides is 3. The Morgan fingerprint density at radius 3 is 2.14 bits per heavy atom. The Morgan fingerprint density at radius 2 is 1.54 bits per heavy atom. The molecule has 6 rings (SSSR count). The normalized spacial score (nSPS) is 17.4. The quantitative estimate of drug-likeness (QED) is 0.102. The summed E-state index contributed by atoms with van der Waals surface area (Å²) >= 11 is 0. The predicted octanol–water partition coefficient (Wildman–Crippen LogP) is 6.02. The molecule has 2 aliphatic rings. The highest BCUT2D eigenvalue weighted by atomic mass is 32.2. The third-order valence-corrected chi connectivity index (χ3v) is 11.4. The van der Waals surface area contributed by atoms with Crippen LogP contribution in [0, 0.1) is 11.3 Å². The Kier molecular flexibility index (Phi) is 10.5. The van der Waals surface area contributed by atoms with Gasteiger partial charge in [0.05, 0.1) is 26.6 Å². The van der Waals surface area contributed by atoms with Crippen molar-refractivity contribution in [2.45, 2.75) is 48.1 Å². The van der Waals surface area contributed by atoms with Gasteiger partial charge in [-0.25, -0.2) is 18.5 Å². The van der Waals surface area contributed by atoms with Gasteiger partial charge in [-0.15, -0.1) is 0 Å². The molecule has 0 bridgehead atoms. The molecule has 18 heteroatoms. The van der Waals surface area contributed by atoms with E-state index < -0.39 is 71.1 Å². The van der Waals surface area contributed by atoms with Crippen LogP contribution in [0.4, 0.5) is 30.2 Å². The standard InChI is InChI=1S/C39H32F3N5O8S2/c1-38(2)32(20-18-29-34(39(40,41)42)30(22-43)37(50)47(36(29)49)25-12-16-27(17-13-25)57(53,54)55)46(31-19-9-23-6-3-4-7-28(23)35(31)38)21-5-8-33(48)45-24-10-14-26(15-11-24)56(44,51)52/h3-4,6-7,9-20H,5,8,21H2,1-2H3,(H,45,48)(H2,44,51,52)(H,53,54,55)/b29-18-,32-20+. The third kappa shape index (κ3) is 7.82. The summed E-state index contributed by atoms with van der Waals surface area (Å²) in [6, 6.07) is 21.3. The number of halogens is 3. The minimum Gasteiger partial charge on any atom is -0.344 e. The monoisotopic (exact) mass is 819 g/mol. The van der Waals surface area contributed by atoms with Gasteiger partial charge in [-0.05, 0) is 89.5 Å². The van der Waals surface area contributed by atoms with Crippen molar-refractivity contribution in [1.29, 1.82) is 5.26 Å². The molecule has 0 saturated carbocycles. The first-order valence-corrected chi connectivity index (χ1v) is 20.0. The van der Waals surface area contributed by atoms with Gasteiger partial charge in [0.2, 0.25) is 15.9 Å². The average molecular weight is 820 g/mol. The number of fused-ring (bicyclic) bond motifs is 3. The second-order valence-electron chi connectivity index (χ2n) is 13.6. The second kappa shape index (κ2) is 14.7. The van der Waals surface area contributed by atoms with Crippen molar-refractivity contribution in [3.8, 4) is 6.07 Å². The first-order valence-electron chi connectivity index (χ1n) is 17.0. The molecule has 13 nitrogen and oxygen atoms in total. The number of rotatable bonds is 9. The summed E-state index contributed by atoms with van der Waals surface area (Å²) in [4.78, 5) is 41.6. The maximum atomic E-state index is 14.7. The van der Waals surface area contributed by atoms with E-state index in [9.17, 15) is 54.2 Å². The maximum Gasteiger partial charge on any atom is 0.418 e. The number of nitrogens with one attached hydrogen (secondary N) is 1. The number of benzene rings is 4. The molecule has 0 aliphatic carbocycles. The van der Waals surface area contributed by atoms with Gasteiger partial charge in [-0.2, -0.15) is 26.9 Å². The molecule has 0 atom stereocenters. The lowest BCUT2D eigenvalue weighted by molar-refractivity contribution is -0.126. The summed E-state index contributed by atoms with van der Waals surface area (Å²) in [7, 11) is -8.64. The number of primary sulfonamides is 1. The highest BCUT2D eigenvalue weighted by Crippen LogP contribution is 2.51. The van der Waals surface area contributed by atoms with E-state index in [0.717, 1.165) is 46.7 Å². The summed E-state index contributed by atoms with van der Waals surface area (Å²) in [5.74, 6) is -3.43. The molecule has 2 heterocycles. The number of allylic oxidation sites excluding steroid dienone is 3. The molecule has 0 spiro atoms. The number of carbonyl (C=O) groups is 3. The van der Waals surface area contributed by atoms with Gasteiger partial charge >= 0.3 is 6.18 Å². The van der Waals surface area contributed by atoms with Gasteiger partial charge in [0, 0.05) is 35.5 Å². The molecule has 0 unspecified atom stereocenters. The molecule has 4 N–H and O–H groups in total. The third-order valence-electron chi connectivity index (χ3n) is 9.57. The molecule has 4 aromatic carbocycles. The fourth-order valence-corrected chi connectivity index (χ4v) is 8.01. The van der Waals surface area contributed by atoms with E-state index in [4.69, 9.17) is 5.14 Å². The number of hydrogen-bond donors (Lipinski definition) is 3. The molecule has 57 heavy (non-hydrogen) atoms. The molecule has 3 amide bonds. The van der Waals surface area contributed by atoms with E-state index in [1.165, 1.54) is 36.4 Å². The van der Waals surface area contributed by atoms with Crippen molar-refractivity contribution in [3.05, 3.63) is 125 Å². The number of anilines is 3. The van der Waals surface area contributed by atoms with E-state index in [0.29, 0.717) is 22.0 Å². The van der Waals surface area contributed by atoms with Crippen molar-refractivity contribution in [3.63, 3.8) is 0 Å². The number of nitrogens with zero attached hydrogens (tertiary/aromatic N) is 3. The molecule has 0 fully saturated rings. The lowest BCUT2D eigenvalue weighted by Crippen LogP contribution is -2.45. The molecule has 294 valence electrons. The first-order chi connectivity index (χ1) is 26.6. The number of hydrogen-bond acceptors (Lipinski definition) is 9. The minimum absolute atomic E-state index is 0.0242. The number of nitrogens with two attached hydrogens (primary N) is 1. The molecule has 2 aliphatic heterocycles. The van der Waals surface area contributed by atoms with Crippen LogP contribution in [0.1, 0.15) is 32.3 Å². The van der Waals surface area contributed by atoms with E-state index in [-0.39, 0.29) is 30.0 Å². The van der Waals surface area contributed by atoms with Gasteiger partial charge < -0.3 is 10.2 Å². The summed E-state index contributed by atoms with van der Waals surface area (Å²) < 4.78 is 99.8. The molecular formula is C39H32F3N5O8S2. The molecule has 0 radical (unpaired) electrons. The lowest BCUT2D eigenvalue weighted by Gasteiger charge is -2.30. The van der Waals surface area contributed by atoms with Gasteiger partial charge in [-0.3, -0.25) is 18.9 Å². The molecule has 4 aromatic rings. The highest BCUT2D eigenvalue weighted by molar-refractivity contribution is 7.89. The summed E-state index contributed by atoms with van der Waals surface area (Å²) in [5, 5.41) is 19.4. The van der Waals surface area contributed by atoms with Crippen molar-refractivity contribution in [2.24, 2.45) is 5.14 Å². The van der Waals surface area contributed by atoms with Crippen LogP contribution in [0.2, 0.25) is 0 Å². The second-order valence-corrected chi connectivity index (χ2v) is 16.6. The van der Waals surface area contributed by atoms with Crippen LogP contribution in [0.15, 0.2) is 129 Å². The van der Waals surface area contributed by atoms with Crippen molar-refractivity contribution < 1.29 is 48.9 Å². The van der Waals surface area contributed by atoms with Gasteiger partial charge in [0.25, 0.3) is 21.9 Å². The van der Waals surface area contributed by atoms with Crippen LogP contribution in [-0.2, 0) is 39.9 Å². The van der Waals surface area contributed by atoms with Crippen LogP contribution in [-0.4, -0.2) is 51.8 Å². The molecule has 0 aromatic heterocycles. The number of carbonyl (C=O) groups excluding carboxylic acids is 3. The Hall–Kier alpha value is -6.13. The van der Waals surface area contributed by atoms with Crippen LogP contribution in [0.25, 0.3) is 10.8 Å². The van der Waals surface area contributed by atoms with Gasteiger partial charge in [0.15, 0.2) is 0 Å². The first kappa shape index (κ1) is 40.5. The van der Waals surface area contributed by atoms with E-state index >= 15 is 0 Å². The number of alkyl halides is 3. The van der Waals surface area contributed by atoms with Gasteiger partial charge in [-0.1, -0.05) is 44.2 Å². The fraction of sp³-hybridized carbons (Fsp3) is 0.179. The topological polar surface area (TPSA) is 208 Å². The zero-order valence-corrected chi connectivity index (χ0v) is 31.7. The largest absolute Gasteiger partial charge is 0.418 e. The zero-order chi connectivity index (χ0) is 41.7. The molecule has 0 saturated heterocycles. The lowest BCUT2D eigenvalue weighted by atomic mass is 9.81. The molecular weight excluding hydrogens is 788 g/mol. The van der Waals surface area contributed by atoms with Gasteiger partial charge in [0.1, 0.15) is 11.6 Å². The van der Waals surface area contributed by atoms with Crippen molar-refractivity contribution in [2.75, 3.05) is 21.7 Å². The van der Waals surface area contributed by atoms with Crippen LogP contribution in [0.3, 0.4) is 0 Å². The SMILES string of the molecule is CC1(C)/C(=C\C=C2/C(=O)N(c3ccc(S(=O)(=O)O)cc3)C(=O)C(C#N)=C2C(F)(F)F)N(CCCC(=O)Nc2ccc(S(N)(=O)=O)cc2)c2ccc3ccccc3c21. The van der Waals surface area contributed by atoms with Crippen LogP contribution < -0.4 is 20.3 Å². The Labute approximate surface area is 325 Å². The number of imide groups is 1. The Bertz CT molecular complexity index is 2720. The smallest absolute Gasteiger partial charge is 0.344 e. The average Bonchev–Trinajstić information content (AvgIpc) is 3.35. The highest BCUT2D eigenvalue weighted by Gasteiger charge is 2.49. The Morgan fingerprint density at radius 1 is 0.912 bits per heavy atom. The van der Waals surface area contributed by atoms with Crippen molar-refractivity contribution >= 4 is 65.7 Å². The summed E-state index contributed by atoms with van der Waals surface area (Å²) in [5.41, 5.74) is -3.16. The summed E-state index contributed by atoms with van der Waals surface area (Å²) in [6.45, 7) is 3.86. The number of nitriles is 1. The maximum absolute atomic E-state index is 14.7.